The van der Waals surface area contributed by atoms with Crippen molar-refractivity contribution >= 4 is 53.4 Å². The Hall–Kier alpha value is -5.32. The molecule has 22 heteroatoms. The maximum absolute atomic E-state index is 14.7. The van der Waals surface area contributed by atoms with E-state index in [0.29, 0.717) is 33.2 Å². The van der Waals surface area contributed by atoms with Crippen molar-refractivity contribution < 1.29 is 53.4 Å². The van der Waals surface area contributed by atoms with Crippen molar-refractivity contribution in [1.29, 1.82) is 0 Å². The Kier molecular flexibility index (Phi) is 12.4. The highest BCUT2D eigenvalue weighted by molar-refractivity contribution is 7.91. The first-order valence-electron chi connectivity index (χ1n) is 20.9. The van der Waals surface area contributed by atoms with Crippen molar-refractivity contribution in [3.8, 4) is 0 Å². The zero-order valence-electron chi connectivity index (χ0n) is 37.2. The number of halogens is 6. The van der Waals surface area contributed by atoms with Gasteiger partial charge in [0.15, 0.2) is 31.1 Å². The molecule has 6 aromatic rings. The van der Waals surface area contributed by atoms with E-state index in [1.165, 1.54) is 38.1 Å². The second-order valence-corrected chi connectivity index (χ2v) is 22.3. The number of anilines is 2. The van der Waals surface area contributed by atoms with Gasteiger partial charge in [-0.05, 0) is 80.8 Å². The zero-order chi connectivity index (χ0) is 48.7. The molecule has 0 spiro atoms. The number of nitrogens with zero attached hydrogens (tertiary/aromatic N) is 6. The average Bonchev–Trinajstić information content (AvgIpc) is 3.81. The Morgan fingerprint density at radius 2 is 1.42 bits per heavy atom. The van der Waals surface area contributed by atoms with Crippen molar-refractivity contribution in [3.05, 3.63) is 94.8 Å². The average molecular weight is 965 g/mol. The van der Waals surface area contributed by atoms with Crippen LogP contribution in [0.2, 0.25) is 0 Å². The largest absolute Gasteiger partial charge is 0.433 e. The maximum atomic E-state index is 14.7. The molecule has 0 saturated carbocycles. The summed E-state index contributed by atoms with van der Waals surface area (Å²) in [7, 11) is -7.76. The molecule has 4 N–H and O–H groups in total. The van der Waals surface area contributed by atoms with E-state index in [0.717, 1.165) is 25.6 Å². The topological polar surface area (TPSA) is 196 Å². The number of benzene rings is 2. The third-order valence-corrected chi connectivity index (χ3v) is 14.7. The number of hydrogen-bond acceptors (Lipinski definition) is 12. The third-order valence-electron chi connectivity index (χ3n) is 11.9. The number of alkyl halides is 6. The fraction of sp³-hybridized carbons (Fsp3) is 0.455. The van der Waals surface area contributed by atoms with Crippen LogP contribution in [0.3, 0.4) is 0 Å². The van der Waals surface area contributed by atoms with Crippen LogP contribution in [0.25, 0.3) is 21.8 Å². The number of aromatic amines is 1. The van der Waals surface area contributed by atoms with Crippen molar-refractivity contribution in [2.45, 2.75) is 107 Å². The molecule has 66 heavy (non-hydrogen) atoms. The predicted octanol–water partition coefficient (Wildman–Crippen LogP) is 8.47. The van der Waals surface area contributed by atoms with Crippen molar-refractivity contribution in [3.63, 3.8) is 0 Å². The molecule has 7 rings (SSSR count). The summed E-state index contributed by atoms with van der Waals surface area (Å²) in [6.45, 7) is 11.2. The smallest absolute Gasteiger partial charge is 0.386 e. The minimum absolute atomic E-state index is 0.0843. The van der Waals surface area contributed by atoms with Gasteiger partial charge in [-0.2, -0.15) is 26.3 Å². The zero-order valence-corrected chi connectivity index (χ0v) is 38.8. The molecule has 3 atom stereocenters. The molecule has 14 nitrogen and oxygen atoms in total. The number of H-pyrrole nitrogens is 1. The lowest BCUT2D eigenvalue weighted by molar-refractivity contribution is -0.144. The van der Waals surface area contributed by atoms with E-state index in [-0.39, 0.29) is 40.7 Å². The molecule has 0 bridgehead atoms. The van der Waals surface area contributed by atoms with E-state index in [4.69, 9.17) is 0 Å². The summed E-state index contributed by atoms with van der Waals surface area (Å²) in [6.07, 6.45) is -7.78. The third kappa shape index (κ3) is 9.59. The number of fused-ring (bicyclic) bond motifs is 4. The van der Waals surface area contributed by atoms with Gasteiger partial charge in [-0.1, -0.05) is 39.8 Å². The molecule has 1 unspecified atom stereocenters. The number of aliphatic hydroxyl groups is 2. The van der Waals surface area contributed by atoms with Crippen molar-refractivity contribution in [2.24, 2.45) is 11.8 Å². The van der Waals surface area contributed by atoms with Crippen LogP contribution < -0.4 is 10.2 Å². The molecule has 0 fully saturated rings. The highest BCUT2D eigenvalue weighted by Gasteiger charge is 2.44. The summed E-state index contributed by atoms with van der Waals surface area (Å²) < 4.78 is 141. The van der Waals surface area contributed by atoms with Gasteiger partial charge in [0.05, 0.1) is 38.8 Å². The quantitative estimate of drug-likeness (QED) is 0.0808. The molecule has 1 aliphatic rings. The van der Waals surface area contributed by atoms with E-state index < -0.39 is 95.9 Å². The first kappa shape index (κ1) is 48.6. The van der Waals surface area contributed by atoms with Crippen LogP contribution >= 0.6 is 0 Å². The van der Waals surface area contributed by atoms with Gasteiger partial charge in [-0.25, -0.2) is 36.8 Å². The van der Waals surface area contributed by atoms with E-state index in [9.17, 15) is 53.4 Å². The fourth-order valence-corrected chi connectivity index (χ4v) is 10.6. The van der Waals surface area contributed by atoms with Crippen LogP contribution in [0, 0.1) is 11.8 Å². The fourth-order valence-electron chi connectivity index (χ4n) is 8.47. The second kappa shape index (κ2) is 16.8. The van der Waals surface area contributed by atoms with Gasteiger partial charge in [0.25, 0.3) is 0 Å². The summed E-state index contributed by atoms with van der Waals surface area (Å²) >= 11 is 0. The summed E-state index contributed by atoms with van der Waals surface area (Å²) in [5.74, 6) is -1.82. The SMILES string of the molecule is CC(C)[C@H](Nc1ncc(C(C)(O)CCS(=O)(=O)c2ccc3cc4n(c3c2)CCN(c2ncc(C(C)(C)O)c(C(F)(F)F)n2)[C@@H]4C(C)C)c(C(F)(F)F)n1)c1cc2ccc(S(C)(=O)=O)cc2[nH]1. The number of hydrogen-bond donors (Lipinski definition) is 4. The van der Waals surface area contributed by atoms with Gasteiger partial charge in [0, 0.05) is 70.7 Å². The second-order valence-electron chi connectivity index (χ2n) is 18.2. The van der Waals surface area contributed by atoms with Crippen molar-refractivity contribution in [2.75, 3.05) is 28.8 Å². The molecule has 0 radical (unpaired) electrons. The van der Waals surface area contributed by atoms with Crippen LogP contribution in [-0.2, 0) is 49.8 Å². The van der Waals surface area contributed by atoms with E-state index >= 15 is 0 Å². The van der Waals surface area contributed by atoms with E-state index in [1.807, 2.05) is 32.3 Å². The lowest BCUT2D eigenvalue weighted by atomic mass is 9.93. The molecule has 0 saturated heterocycles. The Bertz CT molecular complexity index is 3050. The van der Waals surface area contributed by atoms with Crippen LogP contribution in [0.15, 0.2) is 70.7 Å². The lowest BCUT2D eigenvalue weighted by Gasteiger charge is -2.40. The molecule has 1 aliphatic heterocycles. The number of rotatable bonds is 13. The molecular formula is C44H50F6N8O6S2. The molecule has 0 aliphatic carbocycles. The van der Waals surface area contributed by atoms with Gasteiger partial charge in [0.2, 0.25) is 11.9 Å². The summed E-state index contributed by atoms with van der Waals surface area (Å²) in [4.78, 5) is 20.7. The van der Waals surface area contributed by atoms with Gasteiger partial charge < -0.3 is 30.0 Å². The standard InChI is InChI=1S/C44H50F6N8O6S2/c1-23(2)35(32-17-25-9-11-27(65(8,61)62)19-31(25)53-32)54-39-51-22-30(38(55-39)44(48,49)50)42(7,60)13-16-66(63,64)28-12-10-26-18-34-36(24(3)4)58(15-14-57(34)33(26)20-28)40-52-21-29(41(5,6)59)37(56-40)43(45,46)47/h9-12,17-24,35-36,53,59-60H,13-16H2,1-8H3,(H,51,54,55)/t35-,36+,42?/m0/s1. The minimum atomic E-state index is -5.09. The highest BCUT2D eigenvalue weighted by atomic mass is 32.2. The monoisotopic (exact) mass is 964 g/mol. The highest BCUT2D eigenvalue weighted by Crippen LogP contribution is 2.42. The maximum Gasteiger partial charge on any atom is 0.433 e. The molecule has 356 valence electrons. The van der Waals surface area contributed by atoms with Gasteiger partial charge in [-0.3, -0.25) is 0 Å². The number of aromatic nitrogens is 6. The van der Waals surface area contributed by atoms with Gasteiger partial charge in [-0.15, -0.1) is 0 Å². The Morgan fingerprint density at radius 1 is 0.803 bits per heavy atom. The van der Waals surface area contributed by atoms with E-state index in [2.05, 4.69) is 30.2 Å². The normalized spacial score (nSPS) is 16.9. The summed E-state index contributed by atoms with van der Waals surface area (Å²) in [5.41, 5.74) is -6.02. The summed E-state index contributed by atoms with van der Waals surface area (Å²) in [6, 6.07) is 11.2. The van der Waals surface area contributed by atoms with Crippen LogP contribution in [0.1, 0.15) is 101 Å². The number of sulfone groups is 2. The van der Waals surface area contributed by atoms with Crippen LogP contribution in [0.5, 0.6) is 0 Å². The molecule has 2 aromatic carbocycles. The molecule has 5 heterocycles. The molecular weight excluding hydrogens is 915 g/mol. The minimum Gasteiger partial charge on any atom is -0.386 e. The molecule has 0 amide bonds. The Labute approximate surface area is 377 Å². The Morgan fingerprint density at radius 3 is 2.03 bits per heavy atom. The lowest BCUT2D eigenvalue weighted by Crippen LogP contribution is -2.42. The van der Waals surface area contributed by atoms with Crippen molar-refractivity contribution in [1.82, 2.24) is 29.5 Å². The first-order chi connectivity index (χ1) is 30.4. The summed E-state index contributed by atoms with van der Waals surface area (Å²) in [5, 5.41) is 26.2. The van der Waals surface area contributed by atoms with Crippen LogP contribution in [-0.4, -0.2) is 75.1 Å². The van der Waals surface area contributed by atoms with E-state index in [1.54, 1.807) is 29.2 Å². The molecule has 4 aromatic heterocycles. The first-order valence-corrected chi connectivity index (χ1v) is 24.5. The van der Waals surface area contributed by atoms with Gasteiger partial charge in [0.1, 0.15) is 0 Å². The van der Waals surface area contributed by atoms with Crippen LogP contribution in [0.4, 0.5) is 38.2 Å². The number of nitrogens with one attached hydrogen (secondary N) is 2. The van der Waals surface area contributed by atoms with Gasteiger partial charge >= 0.3 is 12.4 Å². The predicted molar refractivity (Wildman–Crippen MR) is 235 cm³/mol. The Balaban J connectivity index is 1.13.